The second-order valence-corrected chi connectivity index (χ2v) is 11.3. The summed E-state index contributed by atoms with van der Waals surface area (Å²) in [6.07, 6.45) is 7.93. The van der Waals surface area contributed by atoms with Crippen LogP contribution in [0.4, 0.5) is 20.6 Å². The van der Waals surface area contributed by atoms with E-state index in [-0.39, 0.29) is 23.8 Å². The average Bonchev–Trinajstić information content (AvgIpc) is 3.60. The third-order valence-electron chi connectivity index (χ3n) is 8.69. The van der Waals surface area contributed by atoms with Crippen LogP contribution in [0, 0.1) is 11.7 Å². The molecular weight excluding hydrogens is 511 g/mol. The SMILES string of the molecule is CCCC(C[C@H]1CCC2=C1[C@@H](C)c1cnn(-c3ccc(F)cc3)c1C2)NC(=O)N(c1ccccc1)c1ccccc1. The van der Waals surface area contributed by atoms with Crippen molar-refractivity contribution in [2.24, 2.45) is 5.92 Å². The number of allylic oxidation sites excluding steroid dienone is 2. The van der Waals surface area contributed by atoms with Crippen LogP contribution in [-0.2, 0) is 6.42 Å². The number of anilines is 2. The third-order valence-corrected chi connectivity index (χ3v) is 8.69. The van der Waals surface area contributed by atoms with E-state index in [0.29, 0.717) is 5.92 Å². The van der Waals surface area contributed by atoms with Crippen molar-refractivity contribution in [3.8, 4) is 5.69 Å². The number of amides is 2. The molecule has 2 amide bonds. The summed E-state index contributed by atoms with van der Waals surface area (Å²) in [5.41, 5.74) is 8.11. The van der Waals surface area contributed by atoms with E-state index in [1.807, 2.05) is 71.5 Å². The molecule has 1 unspecified atom stereocenters. The van der Waals surface area contributed by atoms with Crippen molar-refractivity contribution in [3.05, 3.63) is 119 Å². The number of benzene rings is 3. The number of hydrogen-bond donors (Lipinski definition) is 1. The Morgan fingerprint density at radius 2 is 1.68 bits per heavy atom. The van der Waals surface area contributed by atoms with Gasteiger partial charge >= 0.3 is 6.03 Å². The predicted octanol–water partition coefficient (Wildman–Crippen LogP) is 8.48. The number of carbonyl (C=O) groups excluding carboxylic acids is 1. The van der Waals surface area contributed by atoms with Crippen molar-refractivity contribution < 1.29 is 9.18 Å². The summed E-state index contributed by atoms with van der Waals surface area (Å²) in [4.78, 5) is 15.6. The number of hydrogen-bond acceptors (Lipinski definition) is 2. The molecular formula is C35H37FN4O. The number of carbonyl (C=O) groups is 1. The Hall–Kier alpha value is -4.19. The molecule has 0 saturated heterocycles. The number of para-hydroxylation sites is 2. The van der Waals surface area contributed by atoms with Gasteiger partial charge in [-0.2, -0.15) is 5.10 Å². The van der Waals surface area contributed by atoms with Gasteiger partial charge in [0.2, 0.25) is 0 Å². The van der Waals surface area contributed by atoms with Crippen molar-refractivity contribution in [3.63, 3.8) is 0 Å². The molecule has 0 fully saturated rings. The maximum absolute atomic E-state index is 13.8. The molecule has 6 rings (SSSR count). The minimum Gasteiger partial charge on any atom is -0.335 e. The van der Waals surface area contributed by atoms with Gasteiger partial charge in [0.05, 0.1) is 29.0 Å². The lowest BCUT2D eigenvalue weighted by Crippen LogP contribution is -2.43. The van der Waals surface area contributed by atoms with Gasteiger partial charge in [-0.3, -0.25) is 4.90 Å². The van der Waals surface area contributed by atoms with E-state index in [0.717, 1.165) is 55.6 Å². The molecule has 2 aliphatic rings. The molecule has 5 nitrogen and oxygen atoms in total. The van der Waals surface area contributed by atoms with E-state index in [2.05, 4.69) is 19.2 Å². The summed E-state index contributed by atoms with van der Waals surface area (Å²) < 4.78 is 15.5. The smallest absolute Gasteiger partial charge is 0.326 e. The van der Waals surface area contributed by atoms with Crippen LogP contribution in [0.5, 0.6) is 0 Å². The van der Waals surface area contributed by atoms with Gasteiger partial charge in [-0.1, -0.05) is 67.8 Å². The fourth-order valence-corrected chi connectivity index (χ4v) is 6.85. The largest absolute Gasteiger partial charge is 0.335 e. The highest BCUT2D eigenvalue weighted by atomic mass is 19.1. The zero-order valence-electron chi connectivity index (χ0n) is 23.8. The van der Waals surface area contributed by atoms with Crippen molar-refractivity contribution in [1.29, 1.82) is 0 Å². The Labute approximate surface area is 241 Å². The van der Waals surface area contributed by atoms with Gasteiger partial charge in [-0.15, -0.1) is 0 Å². The second-order valence-electron chi connectivity index (χ2n) is 11.3. The van der Waals surface area contributed by atoms with Crippen LogP contribution < -0.4 is 10.2 Å². The van der Waals surface area contributed by atoms with E-state index >= 15 is 0 Å². The molecule has 0 radical (unpaired) electrons. The third kappa shape index (κ3) is 5.43. The molecule has 4 aromatic rings. The molecule has 0 aliphatic heterocycles. The summed E-state index contributed by atoms with van der Waals surface area (Å²) in [7, 11) is 0. The van der Waals surface area contributed by atoms with Crippen LogP contribution in [-0.4, -0.2) is 21.9 Å². The summed E-state index contributed by atoms with van der Waals surface area (Å²) in [5, 5.41) is 8.13. The Bertz CT molecular complexity index is 1490. The highest BCUT2D eigenvalue weighted by Gasteiger charge is 2.37. The summed E-state index contributed by atoms with van der Waals surface area (Å²) >= 11 is 0. The fourth-order valence-electron chi connectivity index (χ4n) is 6.85. The van der Waals surface area contributed by atoms with Gasteiger partial charge in [0.15, 0.2) is 0 Å². The summed E-state index contributed by atoms with van der Waals surface area (Å²) in [6, 6.07) is 26.2. The Morgan fingerprint density at radius 1 is 1.02 bits per heavy atom. The highest BCUT2D eigenvalue weighted by molar-refractivity contribution is 5.99. The lowest BCUT2D eigenvalue weighted by molar-refractivity contribution is 0.241. The number of aromatic nitrogens is 2. The number of nitrogens with one attached hydrogen (secondary N) is 1. The molecule has 0 saturated carbocycles. The lowest BCUT2D eigenvalue weighted by atomic mass is 9.78. The number of halogens is 1. The van der Waals surface area contributed by atoms with Crippen molar-refractivity contribution >= 4 is 17.4 Å². The zero-order chi connectivity index (χ0) is 28.3. The molecule has 0 spiro atoms. The van der Waals surface area contributed by atoms with E-state index in [1.54, 1.807) is 17.0 Å². The first-order chi connectivity index (χ1) is 20.0. The first kappa shape index (κ1) is 27.0. The minimum absolute atomic E-state index is 0.0785. The van der Waals surface area contributed by atoms with Crippen molar-refractivity contribution in [2.75, 3.05) is 4.90 Å². The van der Waals surface area contributed by atoms with Gasteiger partial charge < -0.3 is 5.32 Å². The molecule has 6 heteroatoms. The standard InChI is InChI=1S/C35H37FN4O/c1-3-10-28(38-35(41)39(29-11-6-4-7-12-29)30-13-8-5-9-14-30)21-25-15-16-26-22-33-32(24(2)34(25)26)23-37-40(33)31-19-17-27(36)18-20-31/h4-9,11-14,17-20,23-25,28H,3,10,15-16,21-22H2,1-2H3,(H,38,41)/t24-,25+,28?/m0/s1. The lowest BCUT2D eigenvalue weighted by Gasteiger charge is -2.31. The van der Waals surface area contributed by atoms with E-state index in [1.165, 1.54) is 34.5 Å². The van der Waals surface area contributed by atoms with Gasteiger partial charge in [0.25, 0.3) is 0 Å². The van der Waals surface area contributed by atoms with Gasteiger partial charge in [-0.05, 0) is 80.1 Å². The number of nitrogens with zero attached hydrogens (tertiary/aromatic N) is 3. The summed E-state index contributed by atoms with van der Waals surface area (Å²) in [5.74, 6) is 0.468. The Kier molecular flexibility index (Phi) is 7.73. The number of fused-ring (bicyclic) bond motifs is 1. The molecule has 0 bridgehead atoms. The topological polar surface area (TPSA) is 50.2 Å². The average molecular weight is 549 g/mol. The Morgan fingerprint density at radius 3 is 2.32 bits per heavy atom. The van der Waals surface area contributed by atoms with E-state index < -0.39 is 0 Å². The van der Waals surface area contributed by atoms with Crippen LogP contribution >= 0.6 is 0 Å². The Balaban J connectivity index is 1.22. The number of urea groups is 1. The number of rotatable bonds is 8. The first-order valence-electron chi connectivity index (χ1n) is 14.8. The molecule has 1 N–H and O–H groups in total. The molecule has 210 valence electrons. The van der Waals surface area contributed by atoms with Crippen LogP contribution in [0.15, 0.2) is 102 Å². The molecule has 3 atom stereocenters. The maximum Gasteiger partial charge on any atom is 0.326 e. The van der Waals surface area contributed by atoms with Crippen LogP contribution in [0.25, 0.3) is 5.69 Å². The highest BCUT2D eigenvalue weighted by Crippen LogP contribution is 2.48. The van der Waals surface area contributed by atoms with Crippen LogP contribution in [0.1, 0.15) is 63.1 Å². The van der Waals surface area contributed by atoms with Crippen LogP contribution in [0.2, 0.25) is 0 Å². The summed E-state index contributed by atoms with van der Waals surface area (Å²) in [6.45, 7) is 4.48. The van der Waals surface area contributed by atoms with Crippen molar-refractivity contribution in [1.82, 2.24) is 15.1 Å². The van der Waals surface area contributed by atoms with Crippen LogP contribution in [0.3, 0.4) is 0 Å². The predicted molar refractivity (Wildman–Crippen MR) is 162 cm³/mol. The first-order valence-corrected chi connectivity index (χ1v) is 14.8. The zero-order valence-corrected chi connectivity index (χ0v) is 23.8. The molecule has 41 heavy (non-hydrogen) atoms. The quantitative estimate of drug-likeness (QED) is 0.225. The molecule has 3 aromatic carbocycles. The van der Waals surface area contributed by atoms with Gasteiger partial charge in [0.1, 0.15) is 5.82 Å². The van der Waals surface area contributed by atoms with Gasteiger partial charge in [0, 0.05) is 23.9 Å². The van der Waals surface area contributed by atoms with E-state index in [4.69, 9.17) is 5.10 Å². The molecule has 1 aromatic heterocycles. The monoisotopic (exact) mass is 548 g/mol. The van der Waals surface area contributed by atoms with Gasteiger partial charge in [-0.25, -0.2) is 13.9 Å². The molecule has 2 aliphatic carbocycles. The maximum atomic E-state index is 13.8. The van der Waals surface area contributed by atoms with E-state index in [9.17, 15) is 9.18 Å². The fraction of sp³-hybridized carbons (Fsp3) is 0.314. The molecule has 1 heterocycles. The normalized spacial score (nSPS) is 18.5. The van der Waals surface area contributed by atoms with Crippen molar-refractivity contribution in [2.45, 2.75) is 64.3 Å². The minimum atomic E-state index is -0.240. The second kappa shape index (κ2) is 11.7.